The highest BCUT2D eigenvalue weighted by Gasteiger charge is 2.29. The van der Waals surface area contributed by atoms with Crippen molar-refractivity contribution in [3.8, 4) is 0 Å². The second-order valence-electron chi connectivity index (χ2n) is 3.11. The molecular weight excluding hydrogens is 146 g/mol. The van der Waals surface area contributed by atoms with E-state index < -0.39 is 0 Å². The summed E-state index contributed by atoms with van der Waals surface area (Å²) >= 11 is 0. The molecular formula is C11H13N. The fourth-order valence-electron chi connectivity index (χ4n) is 1.14. The van der Waals surface area contributed by atoms with Crippen molar-refractivity contribution >= 4 is 0 Å². The third-order valence-electron chi connectivity index (χ3n) is 2.33. The predicted molar refractivity (Wildman–Crippen MR) is 50.7 cm³/mol. The molecule has 0 saturated carbocycles. The van der Waals surface area contributed by atoms with Gasteiger partial charge in [0.2, 0.25) is 0 Å². The van der Waals surface area contributed by atoms with Gasteiger partial charge in [0.05, 0.1) is 0 Å². The minimum absolute atomic E-state index is 0.332. The molecule has 1 atom stereocenters. The molecule has 0 aliphatic rings. The van der Waals surface area contributed by atoms with E-state index in [9.17, 15) is 0 Å². The van der Waals surface area contributed by atoms with Gasteiger partial charge in [-0.1, -0.05) is 37.3 Å². The van der Waals surface area contributed by atoms with E-state index in [0.29, 0.717) is 0 Å². The highest BCUT2D eigenvalue weighted by atomic mass is 14.8. The molecule has 0 radical (unpaired) electrons. The summed E-state index contributed by atoms with van der Waals surface area (Å²) in [5.41, 5.74) is 0.781. The Balaban J connectivity index is 3.06. The van der Waals surface area contributed by atoms with Crippen molar-refractivity contribution in [3.05, 3.63) is 47.3 Å². The number of benzene rings is 1. The van der Waals surface area contributed by atoms with Crippen LogP contribution in [-0.2, 0) is 5.54 Å². The zero-order valence-corrected chi connectivity index (χ0v) is 7.54. The van der Waals surface area contributed by atoms with Crippen molar-refractivity contribution in [1.29, 1.82) is 0 Å². The molecule has 0 bridgehead atoms. The van der Waals surface area contributed by atoms with Crippen LogP contribution in [-0.4, -0.2) is 0 Å². The van der Waals surface area contributed by atoms with Crippen LogP contribution in [0.3, 0.4) is 0 Å². The maximum atomic E-state index is 7.12. The highest BCUT2D eigenvalue weighted by molar-refractivity contribution is 5.26. The first-order chi connectivity index (χ1) is 5.73. The molecule has 0 fully saturated rings. The third kappa shape index (κ3) is 1.48. The number of hydrogen-bond donors (Lipinski definition) is 0. The Bertz CT molecular complexity index is 284. The zero-order valence-electron chi connectivity index (χ0n) is 7.54. The lowest BCUT2D eigenvalue weighted by atomic mass is 9.90. The number of hydrogen-bond acceptors (Lipinski definition) is 0. The van der Waals surface area contributed by atoms with Gasteiger partial charge in [-0.15, -0.1) is 0 Å². The molecule has 0 saturated heterocycles. The fraction of sp³-hybridized carbons (Fsp3) is 0.364. The molecule has 0 amide bonds. The van der Waals surface area contributed by atoms with E-state index in [1.165, 1.54) is 0 Å². The molecule has 1 aromatic rings. The van der Waals surface area contributed by atoms with Crippen LogP contribution in [0.5, 0.6) is 0 Å². The average Bonchev–Trinajstić information content (AvgIpc) is 2.18. The molecule has 1 rings (SSSR count). The molecule has 0 aliphatic carbocycles. The summed E-state index contributed by atoms with van der Waals surface area (Å²) in [6.45, 7) is 11.1. The first kappa shape index (κ1) is 8.80. The monoisotopic (exact) mass is 159 g/mol. The molecule has 12 heavy (non-hydrogen) atoms. The van der Waals surface area contributed by atoms with Crippen LogP contribution >= 0.6 is 0 Å². The van der Waals surface area contributed by atoms with Crippen molar-refractivity contribution in [2.24, 2.45) is 0 Å². The zero-order chi connectivity index (χ0) is 9.03. The Morgan fingerprint density at radius 3 is 2.33 bits per heavy atom. The Kier molecular flexibility index (Phi) is 2.50. The van der Waals surface area contributed by atoms with Crippen LogP contribution in [0.25, 0.3) is 4.85 Å². The molecule has 1 heteroatoms. The van der Waals surface area contributed by atoms with Gasteiger partial charge < -0.3 is 4.85 Å². The van der Waals surface area contributed by atoms with Crippen LogP contribution in [0.2, 0.25) is 0 Å². The summed E-state index contributed by atoms with van der Waals surface area (Å²) in [5, 5.41) is 0. The van der Waals surface area contributed by atoms with Crippen molar-refractivity contribution < 1.29 is 0 Å². The van der Waals surface area contributed by atoms with E-state index in [1.54, 1.807) is 0 Å². The van der Waals surface area contributed by atoms with Gasteiger partial charge in [-0.2, -0.15) is 0 Å². The molecule has 1 unspecified atom stereocenters. The molecule has 0 aliphatic heterocycles. The van der Waals surface area contributed by atoms with Gasteiger partial charge in [0.1, 0.15) is 0 Å². The second kappa shape index (κ2) is 3.40. The van der Waals surface area contributed by atoms with Gasteiger partial charge in [0, 0.05) is 18.9 Å². The van der Waals surface area contributed by atoms with Gasteiger partial charge in [-0.25, -0.2) is 6.57 Å². The van der Waals surface area contributed by atoms with E-state index in [0.717, 1.165) is 12.0 Å². The molecule has 0 aromatic heterocycles. The summed E-state index contributed by atoms with van der Waals surface area (Å²) in [5.74, 6) is 0. The van der Waals surface area contributed by atoms with Crippen molar-refractivity contribution in [2.75, 3.05) is 0 Å². The normalized spacial score (nSPS) is 14.8. The topological polar surface area (TPSA) is 4.36 Å². The Hall–Kier alpha value is -1.29. The molecule has 1 aromatic carbocycles. The lowest BCUT2D eigenvalue weighted by molar-refractivity contribution is 0.567. The van der Waals surface area contributed by atoms with Crippen LogP contribution in [0.1, 0.15) is 25.8 Å². The summed E-state index contributed by atoms with van der Waals surface area (Å²) in [6.07, 6.45) is 0.862. The number of rotatable bonds is 2. The van der Waals surface area contributed by atoms with E-state index in [4.69, 9.17) is 6.57 Å². The summed E-state index contributed by atoms with van der Waals surface area (Å²) in [4.78, 5) is 3.66. The standard InChI is InChI=1S/C11H13N/c1-4-11(2,12-3)10-8-6-5-7-9-10/h5-9H,4H2,1-2H3. The van der Waals surface area contributed by atoms with E-state index >= 15 is 0 Å². The summed E-state index contributed by atoms with van der Waals surface area (Å²) in [7, 11) is 0. The fourth-order valence-corrected chi connectivity index (χ4v) is 1.14. The lowest BCUT2D eigenvalue weighted by Gasteiger charge is -2.14. The van der Waals surface area contributed by atoms with Crippen molar-refractivity contribution in [2.45, 2.75) is 25.8 Å². The maximum absolute atomic E-state index is 7.12. The summed E-state index contributed by atoms with van der Waals surface area (Å²) < 4.78 is 0. The molecule has 0 spiro atoms. The predicted octanol–water partition coefficient (Wildman–Crippen LogP) is 3.23. The minimum atomic E-state index is -0.332. The van der Waals surface area contributed by atoms with E-state index in [-0.39, 0.29) is 5.54 Å². The van der Waals surface area contributed by atoms with Crippen molar-refractivity contribution in [1.82, 2.24) is 0 Å². The molecule has 0 N–H and O–H groups in total. The van der Waals surface area contributed by atoms with Crippen LogP contribution in [0.4, 0.5) is 0 Å². The maximum Gasteiger partial charge on any atom is 0.254 e. The van der Waals surface area contributed by atoms with Crippen LogP contribution < -0.4 is 0 Å². The van der Waals surface area contributed by atoms with Gasteiger partial charge in [0.15, 0.2) is 0 Å². The molecule has 62 valence electrons. The lowest BCUT2D eigenvalue weighted by Crippen LogP contribution is -2.14. The largest absolute Gasteiger partial charge is 0.306 e. The highest BCUT2D eigenvalue weighted by Crippen LogP contribution is 2.28. The van der Waals surface area contributed by atoms with Crippen LogP contribution in [0.15, 0.2) is 30.3 Å². The van der Waals surface area contributed by atoms with Gasteiger partial charge in [-0.3, -0.25) is 0 Å². The quantitative estimate of drug-likeness (QED) is 0.583. The van der Waals surface area contributed by atoms with E-state index in [1.807, 2.05) is 44.2 Å². The SMILES string of the molecule is [C-]#[N+]C(C)(CC)c1ccccc1. The van der Waals surface area contributed by atoms with Gasteiger partial charge in [-0.05, 0) is 0 Å². The smallest absolute Gasteiger partial charge is 0.254 e. The second-order valence-corrected chi connectivity index (χ2v) is 3.11. The van der Waals surface area contributed by atoms with Gasteiger partial charge in [0.25, 0.3) is 5.54 Å². The van der Waals surface area contributed by atoms with Gasteiger partial charge >= 0.3 is 0 Å². The number of nitrogens with zero attached hydrogens (tertiary/aromatic N) is 1. The Morgan fingerprint density at radius 2 is 1.92 bits per heavy atom. The first-order valence-corrected chi connectivity index (χ1v) is 4.17. The average molecular weight is 159 g/mol. The molecule has 1 nitrogen and oxygen atoms in total. The summed E-state index contributed by atoms with van der Waals surface area (Å²) in [6, 6.07) is 9.97. The minimum Gasteiger partial charge on any atom is -0.306 e. The molecule has 0 heterocycles. The first-order valence-electron chi connectivity index (χ1n) is 4.17. The van der Waals surface area contributed by atoms with Crippen molar-refractivity contribution in [3.63, 3.8) is 0 Å². The van der Waals surface area contributed by atoms with Crippen LogP contribution in [0, 0.1) is 6.57 Å². The third-order valence-corrected chi connectivity index (χ3v) is 2.33. The van der Waals surface area contributed by atoms with E-state index in [2.05, 4.69) is 4.85 Å². The Labute approximate surface area is 73.9 Å². The Morgan fingerprint density at radius 1 is 1.33 bits per heavy atom.